The van der Waals surface area contributed by atoms with E-state index in [1.165, 1.54) is 0 Å². The zero-order valence-electron chi connectivity index (χ0n) is 11.4. The molecule has 0 amide bonds. The molecule has 2 aromatic rings. The molecule has 1 atom stereocenters. The topological polar surface area (TPSA) is 21.3 Å². The number of benzene rings is 2. The lowest BCUT2D eigenvalue weighted by atomic mass is 9.96. The Morgan fingerprint density at radius 2 is 1.81 bits per heavy atom. The standard InChI is InChI=1S/C16H14F3NO/c1-20-16(11-7-13(18)14(19)8-12(11)17)10-2-3-15-9(6-10)4-5-21-15/h2-3,6-8,16,20H,4-5H2,1H3. The Morgan fingerprint density at radius 3 is 2.57 bits per heavy atom. The normalized spacial score (nSPS) is 14.7. The summed E-state index contributed by atoms with van der Waals surface area (Å²) >= 11 is 0. The molecule has 1 heterocycles. The van der Waals surface area contributed by atoms with Crippen molar-refractivity contribution >= 4 is 0 Å². The molecule has 1 unspecified atom stereocenters. The van der Waals surface area contributed by atoms with E-state index in [2.05, 4.69) is 5.32 Å². The van der Waals surface area contributed by atoms with Gasteiger partial charge in [-0.1, -0.05) is 12.1 Å². The fourth-order valence-electron chi connectivity index (χ4n) is 2.65. The summed E-state index contributed by atoms with van der Waals surface area (Å²) in [5.41, 5.74) is 1.90. The van der Waals surface area contributed by atoms with Crippen molar-refractivity contribution in [3.8, 4) is 5.75 Å². The van der Waals surface area contributed by atoms with Crippen LogP contribution in [0.3, 0.4) is 0 Å². The molecule has 21 heavy (non-hydrogen) atoms. The highest BCUT2D eigenvalue weighted by Crippen LogP contribution is 2.31. The van der Waals surface area contributed by atoms with Crippen LogP contribution in [0, 0.1) is 17.5 Å². The number of nitrogens with one attached hydrogen (secondary N) is 1. The monoisotopic (exact) mass is 293 g/mol. The summed E-state index contributed by atoms with van der Waals surface area (Å²) in [5, 5.41) is 2.94. The minimum atomic E-state index is -1.19. The Labute approximate surface area is 120 Å². The van der Waals surface area contributed by atoms with Gasteiger partial charge in [0.25, 0.3) is 0 Å². The Kier molecular flexibility index (Phi) is 3.59. The molecule has 110 valence electrons. The van der Waals surface area contributed by atoms with Crippen molar-refractivity contribution in [1.82, 2.24) is 5.32 Å². The summed E-state index contributed by atoms with van der Waals surface area (Å²) in [5.74, 6) is -2.20. The van der Waals surface area contributed by atoms with Crippen LogP contribution in [-0.2, 0) is 6.42 Å². The van der Waals surface area contributed by atoms with Crippen molar-refractivity contribution in [1.29, 1.82) is 0 Å². The van der Waals surface area contributed by atoms with Crippen molar-refractivity contribution in [2.45, 2.75) is 12.5 Å². The van der Waals surface area contributed by atoms with Gasteiger partial charge in [-0.05, 0) is 30.3 Å². The number of fused-ring (bicyclic) bond motifs is 1. The number of hydrogen-bond donors (Lipinski definition) is 1. The van der Waals surface area contributed by atoms with Crippen LogP contribution in [0.5, 0.6) is 5.75 Å². The van der Waals surface area contributed by atoms with Crippen LogP contribution < -0.4 is 10.1 Å². The summed E-state index contributed by atoms with van der Waals surface area (Å²) in [7, 11) is 1.65. The maximum atomic E-state index is 14.0. The van der Waals surface area contributed by atoms with Crippen LogP contribution >= 0.6 is 0 Å². The summed E-state index contributed by atoms with van der Waals surface area (Å²) in [6.07, 6.45) is 0.792. The van der Waals surface area contributed by atoms with Gasteiger partial charge in [0, 0.05) is 18.1 Å². The Morgan fingerprint density at radius 1 is 1.05 bits per heavy atom. The van der Waals surface area contributed by atoms with E-state index in [4.69, 9.17) is 4.74 Å². The van der Waals surface area contributed by atoms with Crippen molar-refractivity contribution in [2.24, 2.45) is 0 Å². The number of ether oxygens (including phenoxy) is 1. The first kappa shape index (κ1) is 13.9. The predicted octanol–water partition coefficient (Wildman–Crippen LogP) is 3.35. The second-order valence-corrected chi connectivity index (χ2v) is 4.98. The first-order chi connectivity index (χ1) is 10.1. The van der Waals surface area contributed by atoms with Gasteiger partial charge in [-0.15, -0.1) is 0 Å². The van der Waals surface area contributed by atoms with Crippen molar-refractivity contribution in [2.75, 3.05) is 13.7 Å². The highest BCUT2D eigenvalue weighted by atomic mass is 19.2. The van der Waals surface area contributed by atoms with E-state index in [1.807, 2.05) is 12.1 Å². The van der Waals surface area contributed by atoms with E-state index in [0.29, 0.717) is 12.7 Å². The molecule has 0 saturated carbocycles. The van der Waals surface area contributed by atoms with Gasteiger partial charge >= 0.3 is 0 Å². The van der Waals surface area contributed by atoms with Crippen LogP contribution in [0.15, 0.2) is 30.3 Å². The van der Waals surface area contributed by atoms with E-state index in [9.17, 15) is 13.2 Å². The van der Waals surface area contributed by atoms with Crippen molar-refractivity contribution in [3.63, 3.8) is 0 Å². The molecule has 0 bridgehead atoms. The lowest BCUT2D eigenvalue weighted by molar-refractivity contribution is 0.357. The van der Waals surface area contributed by atoms with E-state index in [0.717, 1.165) is 29.4 Å². The Balaban J connectivity index is 2.04. The molecular formula is C16H14F3NO. The fraction of sp³-hybridized carbons (Fsp3) is 0.250. The minimum absolute atomic E-state index is 0.0789. The molecule has 2 nitrogen and oxygen atoms in total. The van der Waals surface area contributed by atoms with Crippen molar-refractivity contribution < 1.29 is 17.9 Å². The van der Waals surface area contributed by atoms with Crippen LogP contribution in [0.4, 0.5) is 13.2 Å². The molecular weight excluding hydrogens is 279 g/mol. The second-order valence-electron chi connectivity index (χ2n) is 4.98. The zero-order chi connectivity index (χ0) is 15.0. The lowest BCUT2D eigenvalue weighted by Crippen LogP contribution is -2.19. The molecule has 0 saturated heterocycles. The van der Waals surface area contributed by atoms with Gasteiger partial charge in [0.2, 0.25) is 0 Å². The zero-order valence-corrected chi connectivity index (χ0v) is 11.4. The van der Waals surface area contributed by atoms with Gasteiger partial charge in [-0.2, -0.15) is 0 Å². The highest BCUT2D eigenvalue weighted by molar-refractivity contribution is 5.43. The van der Waals surface area contributed by atoms with Crippen LogP contribution in [0.1, 0.15) is 22.7 Å². The molecule has 0 radical (unpaired) electrons. The molecule has 1 aliphatic heterocycles. The van der Waals surface area contributed by atoms with Gasteiger partial charge in [0.05, 0.1) is 12.6 Å². The van der Waals surface area contributed by atoms with Crippen LogP contribution in [-0.4, -0.2) is 13.7 Å². The van der Waals surface area contributed by atoms with E-state index in [-0.39, 0.29) is 5.56 Å². The largest absolute Gasteiger partial charge is 0.493 e. The fourth-order valence-corrected chi connectivity index (χ4v) is 2.65. The first-order valence-corrected chi connectivity index (χ1v) is 6.67. The molecule has 3 rings (SSSR count). The molecule has 1 N–H and O–H groups in total. The van der Waals surface area contributed by atoms with Crippen molar-refractivity contribution in [3.05, 3.63) is 64.5 Å². The predicted molar refractivity (Wildman–Crippen MR) is 72.9 cm³/mol. The summed E-state index contributed by atoms with van der Waals surface area (Å²) in [4.78, 5) is 0. The Hall–Kier alpha value is -2.01. The molecule has 1 aliphatic rings. The van der Waals surface area contributed by atoms with Gasteiger partial charge in [-0.3, -0.25) is 0 Å². The van der Waals surface area contributed by atoms with Crippen LogP contribution in [0.25, 0.3) is 0 Å². The average molecular weight is 293 g/mol. The van der Waals surface area contributed by atoms with E-state index < -0.39 is 23.5 Å². The Bertz CT molecular complexity index is 687. The first-order valence-electron chi connectivity index (χ1n) is 6.67. The second kappa shape index (κ2) is 5.41. The molecule has 0 aliphatic carbocycles. The summed E-state index contributed by atoms with van der Waals surface area (Å²) in [6, 6.07) is 6.45. The third-order valence-electron chi connectivity index (χ3n) is 3.69. The molecule has 0 aromatic heterocycles. The van der Waals surface area contributed by atoms with E-state index in [1.54, 1.807) is 13.1 Å². The summed E-state index contributed by atoms with van der Waals surface area (Å²) < 4.78 is 45.8. The van der Waals surface area contributed by atoms with Gasteiger partial charge in [-0.25, -0.2) is 13.2 Å². The van der Waals surface area contributed by atoms with Crippen LogP contribution in [0.2, 0.25) is 0 Å². The molecule has 2 aromatic carbocycles. The van der Waals surface area contributed by atoms with Gasteiger partial charge in [0.1, 0.15) is 11.6 Å². The number of rotatable bonds is 3. The number of halogens is 3. The average Bonchev–Trinajstić information content (AvgIpc) is 2.92. The SMILES string of the molecule is CNC(c1ccc2c(c1)CCO2)c1cc(F)c(F)cc1F. The quantitative estimate of drug-likeness (QED) is 0.876. The minimum Gasteiger partial charge on any atom is -0.493 e. The molecule has 0 spiro atoms. The number of hydrogen-bond acceptors (Lipinski definition) is 2. The highest BCUT2D eigenvalue weighted by Gasteiger charge is 2.21. The van der Waals surface area contributed by atoms with Gasteiger partial charge < -0.3 is 10.1 Å². The molecule has 0 fully saturated rings. The third kappa shape index (κ3) is 2.49. The van der Waals surface area contributed by atoms with E-state index >= 15 is 0 Å². The smallest absolute Gasteiger partial charge is 0.161 e. The summed E-state index contributed by atoms with van der Waals surface area (Å²) in [6.45, 7) is 0.628. The maximum Gasteiger partial charge on any atom is 0.161 e. The van der Waals surface area contributed by atoms with Gasteiger partial charge in [0.15, 0.2) is 11.6 Å². The third-order valence-corrected chi connectivity index (χ3v) is 3.69. The lowest BCUT2D eigenvalue weighted by Gasteiger charge is -2.19. The maximum absolute atomic E-state index is 14.0. The molecule has 5 heteroatoms.